The average Bonchev–Trinajstić information content (AvgIpc) is 1.58. The van der Waals surface area contributed by atoms with Crippen LogP contribution in [0.5, 0.6) is 0 Å². The lowest BCUT2D eigenvalue weighted by molar-refractivity contribution is -0.661. The summed E-state index contributed by atoms with van der Waals surface area (Å²) in [5.74, 6) is 0.650. The van der Waals surface area contributed by atoms with Crippen molar-refractivity contribution in [1.82, 2.24) is 19.9 Å². The van der Waals surface area contributed by atoms with Gasteiger partial charge in [-0.2, -0.15) is 0 Å². The fourth-order valence-electron chi connectivity index (χ4n) is 15.9. The van der Waals surface area contributed by atoms with Gasteiger partial charge < -0.3 is 17.7 Å². The molecule has 0 saturated carbocycles. The third-order valence-corrected chi connectivity index (χ3v) is 21.9. The number of nitrogens with zero attached hydrogens (tertiary/aromatic N) is 8. The number of benzene rings is 4. The van der Waals surface area contributed by atoms with Crippen LogP contribution in [0.25, 0.3) is 133 Å². The molecule has 0 aliphatic rings. The highest BCUT2D eigenvalue weighted by atomic mass is 16.4. The smallest absolute Gasteiger partial charge is 0.227 e. The van der Waals surface area contributed by atoms with Gasteiger partial charge in [0, 0.05) is 118 Å². The van der Waals surface area contributed by atoms with Gasteiger partial charge in [0.2, 0.25) is 45.6 Å². The fraction of sp³-hybridized carbons (Fsp3) is 0.347. The van der Waals surface area contributed by atoms with Gasteiger partial charge in [0.1, 0.15) is 28.2 Å². The number of hydrogen-bond donors (Lipinski definition) is 0. The summed E-state index contributed by atoms with van der Waals surface area (Å²) in [7, 11) is 8.25. The van der Waals surface area contributed by atoms with E-state index < -0.39 is 18.2 Å². The molecule has 12 nitrogen and oxygen atoms in total. The second-order valence-corrected chi connectivity index (χ2v) is 32.3. The van der Waals surface area contributed by atoms with Crippen LogP contribution in [0.4, 0.5) is 0 Å². The van der Waals surface area contributed by atoms with Crippen LogP contribution in [-0.4, -0.2) is 19.9 Å². The monoisotopic (exact) mass is 1470 g/mol. The number of aryl methyl sites for hydroxylation is 12. The molecular weight excluding hydrogens is 1350 g/mol. The van der Waals surface area contributed by atoms with Gasteiger partial charge in [0.15, 0.2) is 47.1 Å². The Morgan fingerprint density at radius 1 is 0.327 bits per heavy atom. The van der Waals surface area contributed by atoms with E-state index in [0.717, 1.165) is 133 Å². The number of rotatable bonds is 12. The van der Waals surface area contributed by atoms with Gasteiger partial charge in [-0.3, -0.25) is 0 Å². The number of hydrogen-bond acceptors (Lipinski definition) is 8. The first-order chi connectivity index (χ1) is 53.6. The zero-order valence-electron chi connectivity index (χ0n) is 73.5. The van der Waals surface area contributed by atoms with Crippen LogP contribution in [0.2, 0.25) is 0 Å². The Labute approximate surface area is 655 Å². The quantitative estimate of drug-likeness (QED) is 0.111. The molecule has 0 unspecified atom stereocenters. The molecule has 0 amide bonds. The Morgan fingerprint density at radius 2 is 0.600 bits per heavy atom. The molecule has 0 aliphatic heterocycles. The van der Waals surface area contributed by atoms with Crippen molar-refractivity contribution in [3.63, 3.8) is 0 Å². The third kappa shape index (κ3) is 14.5. The molecule has 0 fully saturated rings. The lowest BCUT2D eigenvalue weighted by Gasteiger charge is -2.16. The standard InChI is InChI=1S/2C25H29N2O.2C24H27N2O/c2*1-14(2)20-12-22(27(7)13-21(20)15(3)4)23-16(5)8-10-18-19-11-9-17(6)26-25(19)28-24(18)23;1-14(2)19-12-21(26(6)13-20(19)15(3)4)22-16(5)9-10-17-18-8-7-11-25-24(18)27-23(17)22;1-7-17-13-26(6)21(12-20(17)14(2)3)22-15(4)8-10-18-19-11-9-16(5)25-24(19)27-23(18)22/h2*8-15H,1-7H3;7-15H,1-6H3;8-14H,7H2,1-6H3/q4*+1/i14D;;;7D2,14D. The predicted octanol–water partition coefficient (Wildman–Crippen LogP) is 24.5. The van der Waals surface area contributed by atoms with E-state index in [0.29, 0.717) is 63.6 Å². The largest absolute Gasteiger partial charge is 0.437 e. The van der Waals surface area contributed by atoms with E-state index >= 15 is 0 Å². The second-order valence-electron chi connectivity index (χ2n) is 32.3. The average molecular weight is 1470 g/mol. The van der Waals surface area contributed by atoms with Crippen molar-refractivity contribution in [2.45, 2.75) is 200 Å². The molecule has 0 radical (unpaired) electrons. The summed E-state index contributed by atoms with van der Waals surface area (Å²) in [6.07, 6.45) is 8.80. The number of aromatic nitrogens is 8. The summed E-state index contributed by atoms with van der Waals surface area (Å²) >= 11 is 0. The molecule has 16 aromatic rings. The third-order valence-electron chi connectivity index (χ3n) is 21.9. The molecule has 0 atom stereocenters. The van der Waals surface area contributed by atoms with Crippen molar-refractivity contribution in [3.8, 4) is 45.0 Å². The summed E-state index contributed by atoms with van der Waals surface area (Å²) < 4.78 is 67.5. The molecule has 12 heterocycles. The molecule has 0 saturated heterocycles. The Hall–Kier alpha value is -10.7. The minimum Gasteiger partial charge on any atom is -0.437 e. The number of pyridine rings is 8. The van der Waals surface area contributed by atoms with Crippen LogP contribution >= 0.6 is 0 Å². The highest BCUT2D eigenvalue weighted by Crippen LogP contribution is 2.44. The van der Waals surface area contributed by atoms with Crippen LogP contribution < -0.4 is 18.3 Å². The van der Waals surface area contributed by atoms with E-state index in [2.05, 4.69) is 248 Å². The minimum absolute atomic E-state index is 0.352. The van der Waals surface area contributed by atoms with Crippen molar-refractivity contribution in [1.29, 1.82) is 0 Å². The normalized spacial score (nSPS) is 12.8. The second kappa shape index (κ2) is 31.0. The van der Waals surface area contributed by atoms with Gasteiger partial charge in [-0.05, 0) is 189 Å². The van der Waals surface area contributed by atoms with Crippen molar-refractivity contribution >= 4 is 88.3 Å². The van der Waals surface area contributed by atoms with Gasteiger partial charge in [-0.1, -0.05) is 152 Å². The summed E-state index contributed by atoms with van der Waals surface area (Å²) in [6, 6.07) is 42.2. The summed E-state index contributed by atoms with van der Waals surface area (Å²) in [5.41, 5.74) is 31.4. The maximum atomic E-state index is 8.72. The fourth-order valence-corrected chi connectivity index (χ4v) is 15.9. The Bertz CT molecular complexity index is 6450. The van der Waals surface area contributed by atoms with Crippen molar-refractivity contribution < 1.29 is 41.4 Å². The van der Waals surface area contributed by atoms with E-state index in [1.807, 2.05) is 95.8 Å². The first-order valence-corrected chi connectivity index (χ1v) is 38.9. The highest BCUT2D eigenvalue weighted by Gasteiger charge is 2.30. The van der Waals surface area contributed by atoms with Gasteiger partial charge in [0.25, 0.3) is 0 Å². The molecule has 4 aromatic carbocycles. The SMILES string of the molecule is Cc1ccc2c(n1)oc1c(-c3cc(C(C)C)c(C(C)C)c[n+]3C)c(C)ccc12.Cc1ccc2c(oc3ncccc32)c1-c1cc(C(C)C)c(C(C)C)c[n+]1C.[2H]C(C)(C)c1cc(-c2c(C)ccc3c2oc2nc(C)ccc23)[n+](C)cc1C(C)C.[2H]C([2H])(C)c1c[n+](C)c(-c2c(C)ccc3c2oc2nc(C)ccc23)cc1C([2H])(C)C. The van der Waals surface area contributed by atoms with Crippen molar-refractivity contribution in [3.05, 3.63) is 236 Å². The van der Waals surface area contributed by atoms with E-state index in [-0.39, 0.29) is 0 Å². The summed E-state index contributed by atoms with van der Waals surface area (Å²) in [5, 5.41) is 8.48. The highest BCUT2D eigenvalue weighted by molar-refractivity contribution is 6.12. The van der Waals surface area contributed by atoms with Crippen molar-refractivity contribution in [2.24, 2.45) is 28.2 Å². The molecule has 0 aliphatic carbocycles. The maximum absolute atomic E-state index is 8.72. The first-order valence-electron chi connectivity index (χ1n) is 40.9. The number of fused-ring (bicyclic) bond motifs is 12. The van der Waals surface area contributed by atoms with Crippen LogP contribution in [0.1, 0.15) is 235 Å². The van der Waals surface area contributed by atoms with E-state index in [1.54, 1.807) is 20.0 Å². The molecule has 16 rings (SSSR count). The van der Waals surface area contributed by atoms with Crippen LogP contribution in [0, 0.1) is 48.5 Å². The summed E-state index contributed by atoms with van der Waals surface area (Å²) in [4.78, 5) is 18.2. The molecule has 12 heteroatoms. The molecule has 564 valence electrons. The lowest BCUT2D eigenvalue weighted by Crippen LogP contribution is -2.32. The Kier molecular flexibility index (Phi) is 20.3. The van der Waals surface area contributed by atoms with E-state index in [4.69, 9.17) is 23.2 Å². The van der Waals surface area contributed by atoms with Crippen LogP contribution in [0.15, 0.2) is 170 Å². The van der Waals surface area contributed by atoms with Crippen LogP contribution in [0.3, 0.4) is 0 Å². The minimum atomic E-state index is -1.55. The zero-order valence-corrected chi connectivity index (χ0v) is 69.5. The van der Waals surface area contributed by atoms with E-state index in [1.165, 1.54) is 57.3 Å². The molecule has 0 spiro atoms. The predicted molar refractivity (Wildman–Crippen MR) is 454 cm³/mol. The van der Waals surface area contributed by atoms with Crippen molar-refractivity contribution in [2.75, 3.05) is 0 Å². The number of furan rings is 4. The molecule has 12 aromatic heterocycles. The van der Waals surface area contributed by atoms with Gasteiger partial charge in [-0.25, -0.2) is 38.2 Å². The summed E-state index contributed by atoms with van der Waals surface area (Å²) in [6.45, 7) is 45.9. The van der Waals surface area contributed by atoms with Gasteiger partial charge >= 0.3 is 0 Å². The Balaban J connectivity index is 0.000000133. The van der Waals surface area contributed by atoms with Crippen LogP contribution in [-0.2, 0) is 34.6 Å². The molecule has 0 bridgehead atoms. The lowest BCUT2D eigenvalue weighted by atomic mass is 9.90. The zero-order chi connectivity index (χ0) is 82.5. The van der Waals surface area contributed by atoms with E-state index in [9.17, 15) is 0 Å². The molecular formula is C98H112N8O4+4. The first kappa shape index (κ1) is 72.2. The van der Waals surface area contributed by atoms with Gasteiger partial charge in [0.05, 0.1) is 22.3 Å². The molecule has 0 N–H and O–H groups in total. The maximum Gasteiger partial charge on any atom is 0.227 e. The van der Waals surface area contributed by atoms with Gasteiger partial charge in [-0.15, -0.1) is 0 Å². The topological polar surface area (TPSA) is 120 Å². The molecule has 110 heavy (non-hydrogen) atoms. The Morgan fingerprint density at radius 3 is 0.909 bits per heavy atom.